The summed E-state index contributed by atoms with van der Waals surface area (Å²) in [6, 6.07) is 2.40. The highest BCUT2D eigenvalue weighted by Gasteiger charge is 2.34. The number of thiophene rings is 1. The summed E-state index contributed by atoms with van der Waals surface area (Å²) in [5.41, 5.74) is 1.34. The van der Waals surface area contributed by atoms with Crippen LogP contribution in [-0.2, 0) is 11.2 Å². The van der Waals surface area contributed by atoms with Gasteiger partial charge in [0.15, 0.2) is 0 Å². The van der Waals surface area contributed by atoms with E-state index < -0.39 is 0 Å². The van der Waals surface area contributed by atoms with Gasteiger partial charge in [0, 0.05) is 17.5 Å². The van der Waals surface area contributed by atoms with Crippen LogP contribution in [0.1, 0.15) is 42.2 Å². The Labute approximate surface area is 124 Å². The molecular weight excluding hydrogens is 268 g/mol. The minimum Gasteiger partial charge on any atom is -0.337 e. The largest absolute Gasteiger partial charge is 0.337 e. The summed E-state index contributed by atoms with van der Waals surface area (Å²) in [4.78, 5) is 16.2. The number of carbonyl (C=O) groups is 1. The van der Waals surface area contributed by atoms with E-state index in [0.717, 1.165) is 32.2 Å². The second-order valence-corrected chi connectivity index (χ2v) is 6.55. The maximum absolute atomic E-state index is 12.9. The Morgan fingerprint density at radius 2 is 2.30 bits per heavy atom. The van der Waals surface area contributed by atoms with Crippen LogP contribution in [0.25, 0.3) is 0 Å². The molecule has 1 aliphatic heterocycles. The summed E-state index contributed by atoms with van der Waals surface area (Å²) in [7, 11) is 1.89. The second-order valence-electron chi connectivity index (χ2n) is 5.61. The predicted molar refractivity (Wildman–Crippen MR) is 82.9 cm³/mol. The summed E-state index contributed by atoms with van der Waals surface area (Å²) in [5, 5.41) is 5.33. The lowest BCUT2D eigenvalue weighted by Crippen LogP contribution is -2.45. The van der Waals surface area contributed by atoms with Gasteiger partial charge in [-0.2, -0.15) is 0 Å². The van der Waals surface area contributed by atoms with Gasteiger partial charge in [0.1, 0.15) is 6.04 Å². The molecule has 0 aromatic carbocycles. The number of rotatable bonds is 2. The maximum atomic E-state index is 12.9. The molecule has 0 radical (unpaired) electrons. The highest BCUT2D eigenvalue weighted by atomic mass is 32.1. The van der Waals surface area contributed by atoms with Gasteiger partial charge in [-0.25, -0.2) is 0 Å². The first-order valence-electron chi connectivity index (χ1n) is 7.50. The van der Waals surface area contributed by atoms with E-state index in [2.05, 4.69) is 33.8 Å². The molecule has 3 rings (SSSR count). The van der Waals surface area contributed by atoms with Crippen molar-refractivity contribution in [3.05, 3.63) is 34.0 Å². The molecule has 20 heavy (non-hydrogen) atoms. The third-order valence-corrected chi connectivity index (χ3v) is 5.43. The normalized spacial score (nSPS) is 27.1. The minimum absolute atomic E-state index is 0.153. The predicted octanol–water partition coefficient (Wildman–Crippen LogP) is 2.89. The topological polar surface area (TPSA) is 32.3 Å². The van der Waals surface area contributed by atoms with Crippen LogP contribution in [0.4, 0.5) is 0 Å². The number of allylic oxidation sites excluding steroid dienone is 1. The number of fused-ring (bicyclic) bond motifs is 1. The van der Waals surface area contributed by atoms with Crippen molar-refractivity contribution in [1.29, 1.82) is 0 Å². The number of nitrogens with one attached hydrogen (secondary N) is 1. The molecule has 4 heteroatoms. The molecule has 2 aliphatic rings. The lowest BCUT2D eigenvalue weighted by Gasteiger charge is -2.32. The van der Waals surface area contributed by atoms with E-state index in [0.29, 0.717) is 6.04 Å². The van der Waals surface area contributed by atoms with Crippen molar-refractivity contribution < 1.29 is 4.79 Å². The quantitative estimate of drug-likeness (QED) is 0.849. The van der Waals surface area contributed by atoms with Crippen LogP contribution in [0.3, 0.4) is 0 Å². The van der Waals surface area contributed by atoms with Crippen LogP contribution in [-0.4, -0.2) is 30.4 Å². The van der Waals surface area contributed by atoms with Crippen molar-refractivity contribution in [3.63, 3.8) is 0 Å². The molecule has 0 spiro atoms. The van der Waals surface area contributed by atoms with Crippen LogP contribution < -0.4 is 5.32 Å². The number of hydrogen-bond donors (Lipinski definition) is 1. The Bertz CT molecular complexity index is 508. The first-order chi connectivity index (χ1) is 9.81. The Hall–Kier alpha value is -1.13. The molecule has 2 unspecified atom stereocenters. The molecule has 1 aromatic rings. The van der Waals surface area contributed by atoms with Crippen molar-refractivity contribution in [2.45, 2.75) is 44.2 Å². The third-order valence-electron chi connectivity index (χ3n) is 4.41. The van der Waals surface area contributed by atoms with Gasteiger partial charge >= 0.3 is 0 Å². The summed E-state index contributed by atoms with van der Waals surface area (Å²) < 4.78 is 0. The summed E-state index contributed by atoms with van der Waals surface area (Å²) in [6.07, 6.45) is 9.98. The van der Waals surface area contributed by atoms with Crippen molar-refractivity contribution in [3.8, 4) is 0 Å². The van der Waals surface area contributed by atoms with E-state index in [1.54, 1.807) is 11.3 Å². The highest BCUT2D eigenvalue weighted by Crippen LogP contribution is 2.31. The molecule has 3 nitrogen and oxygen atoms in total. The number of nitrogens with zero attached hydrogens (tertiary/aromatic N) is 1. The molecule has 1 amide bonds. The van der Waals surface area contributed by atoms with Crippen molar-refractivity contribution >= 4 is 17.2 Å². The van der Waals surface area contributed by atoms with Crippen LogP contribution in [0.5, 0.6) is 0 Å². The van der Waals surface area contributed by atoms with Gasteiger partial charge in [-0.15, -0.1) is 11.3 Å². The summed E-state index contributed by atoms with van der Waals surface area (Å²) >= 11 is 1.70. The van der Waals surface area contributed by atoms with E-state index in [4.69, 9.17) is 0 Å². The molecule has 2 atom stereocenters. The zero-order valence-electron chi connectivity index (χ0n) is 12.0. The Kier molecular flexibility index (Phi) is 4.22. The summed E-state index contributed by atoms with van der Waals surface area (Å²) in [5.74, 6) is 0.258. The fourth-order valence-electron chi connectivity index (χ4n) is 3.30. The molecule has 0 saturated carbocycles. The molecule has 1 aromatic heterocycles. The van der Waals surface area contributed by atoms with E-state index in [1.807, 2.05) is 7.05 Å². The molecule has 108 valence electrons. The SMILES string of the molecule is CNC1C(=O)N(C2CC=CCCC2)CCc2ccsc21. The van der Waals surface area contributed by atoms with Crippen molar-refractivity contribution in [2.24, 2.45) is 0 Å². The Morgan fingerprint density at radius 1 is 1.40 bits per heavy atom. The average Bonchev–Trinajstić information content (AvgIpc) is 2.69. The number of hydrogen-bond acceptors (Lipinski definition) is 3. The average molecular weight is 290 g/mol. The van der Waals surface area contributed by atoms with E-state index in [9.17, 15) is 4.79 Å². The smallest absolute Gasteiger partial charge is 0.245 e. The highest BCUT2D eigenvalue weighted by molar-refractivity contribution is 7.10. The fourth-order valence-corrected chi connectivity index (χ4v) is 4.35. The van der Waals surface area contributed by atoms with Gasteiger partial charge in [-0.05, 0) is 56.2 Å². The Morgan fingerprint density at radius 3 is 3.15 bits per heavy atom. The van der Waals surface area contributed by atoms with Gasteiger partial charge in [0.2, 0.25) is 5.91 Å². The van der Waals surface area contributed by atoms with E-state index >= 15 is 0 Å². The molecule has 2 heterocycles. The van der Waals surface area contributed by atoms with E-state index in [1.165, 1.54) is 16.9 Å². The zero-order chi connectivity index (χ0) is 13.9. The number of amides is 1. The van der Waals surface area contributed by atoms with Gasteiger partial charge in [-0.3, -0.25) is 4.79 Å². The van der Waals surface area contributed by atoms with Crippen molar-refractivity contribution in [2.75, 3.05) is 13.6 Å². The maximum Gasteiger partial charge on any atom is 0.245 e. The molecular formula is C16H22N2OS. The standard InChI is InChI=1S/C16H22N2OS/c1-17-14-15-12(9-11-20-15)8-10-18(16(14)19)13-6-4-2-3-5-7-13/h2,4,9,11,13-14,17H,3,5-8,10H2,1H3. The lowest BCUT2D eigenvalue weighted by molar-refractivity contribution is -0.135. The first kappa shape index (κ1) is 13.8. The van der Waals surface area contributed by atoms with Crippen LogP contribution in [0.15, 0.2) is 23.6 Å². The molecule has 0 bridgehead atoms. The van der Waals surface area contributed by atoms with Crippen LogP contribution in [0.2, 0.25) is 0 Å². The lowest BCUT2D eigenvalue weighted by atomic mass is 10.1. The first-order valence-corrected chi connectivity index (χ1v) is 8.38. The third kappa shape index (κ3) is 2.54. The van der Waals surface area contributed by atoms with Gasteiger partial charge in [0.25, 0.3) is 0 Å². The molecule has 0 fully saturated rings. The van der Waals surface area contributed by atoms with Gasteiger partial charge in [0.05, 0.1) is 0 Å². The zero-order valence-corrected chi connectivity index (χ0v) is 12.8. The van der Waals surface area contributed by atoms with Crippen molar-refractivity contribution in [1.82, 2.24) is 10.2 Å². The van der Waals surface area contributed by atoms with Crippen LogP contribution >= 0.6 is 11.3 Å². The second kappa shape index (κ2) is 6.10. The van der Waals surface area contributed by atoms with E-state index in [-0.39, 0.29) is 11.9 Å². The minimum atomic E-state index is -0.153. The Balaban J connectivity index is 1.85. The number of likely N-dealkylation sites (N-methyl/N-ethyl adjacent to an activating group) is 1. The number of carbonyl (C=O) groups excluding carboxylic acids is 1. The molecule has 1 aliphatic carbocycles. The fraction of sp³-hybridized carbons (Fsp3) is 0.562. The van der Waals surface area contributed by atoms with Gasteiger partial charge < -0.3 is 10.2 Å². The van der Waals surface area contributed by atoms with Crippen LogP contribution in [0, 0.1) is 0 Å². The summed E-state index contributed by atoms with van der Waals surface area (Å²) in [6.45, 7) is 0.860. The monoisotopic (exact) mass is 290 g/mol. The molecule has 1 N–H and O–H groups in total. The molecule has 0 saturated heterocycles. The van der Waals surface area contributed by atoms with Gasteiger partial charge in [-0.1, -0.05) is 12.2 Å².